The molecule has 0 aromatic heterocycles. The summed E-state index contributed by atoms with van der Waals surface area (Å²) in [6, 6.07) is 17.4. The fraction of sp³-hybridized carbons (Fsp3) is 0.316. The van der Waals surface area contributed by atoms with E-state index in [1.165, 1.54) is 17.7 Å². The predicted molar refractivity (Wildman–Crippen MR) is 90.7 cm³/mol. The molecule has 1 heterocycles. The van der Waals surface area contributed by atoms with Gasteiger partial charge in [-0.2, -0.15) is 0 Å². The van der Waals surface area contributed by atoms with Crippen LogP contribution in [-0.4, -0.2) is 26.1 Å². The first-order valence-corrected chi connectivity index (χ1v) is 8.12. The Morgan fingerprint density at radius 1 is 1.04 bits per heavy atom. The van der Waals surface area contributed by atoms with Crippen molar-refractivity contribution in [1.29, 1.82) is 0 Å². The van der Waals surface area contributed by atoms with Crippen LogP contribution in [0.1, 0.15) is 24.4 Å². The first-order valence-electron chi connectivity index (χ1n) is 8.12. The Morgan fingerprint density at radius 3 is 2.30 bits per heavy atom. The normalized spacial score (nSPS) is 16.0. The fourth-order valence-electron chi connectivity index (χ4n) is 3.22. The van der Waals surface area contributed by atoms with Gasteiger partial charge >= 0.3 is 0 Å². The van der Waals surface area contributed by atoms with Crippen molar-refractivity contribution in [2.24, 2.45) is 0 Å². The molecule has 1 unspecified atom stereocenters. The zero-order valence-corrected chi connectivity index (χ0v) is 13.4. The van der Waals surface area contributed by atoms with E-state index in [0.29, 0.717) is 0 Å². The highest BCUT2D eigenvalue weighted by atomic mass is 16.5. The molecule has 1 aliphatic rings. The van der Waals surface area contributed by atoms with Crippen LogP contribution < -0.4 is 15.0 Å². The highest BCUT2D eigenvalue weighted by Crippen LogP contribution is 2.18. The number of carbonyl (C=O) groups is 1. The summed E-state index contributed by atoms with van der Waals surface area (Å²) in [5.74, 6) is 0.839. The molecular weight excluding hydrogens is 288 g/mol. The van der Waals surface area contributed by atoms with Gasteiger partial charge in [-0.3, -0.25) is 4.79 Å². The minimum Gasteiger partial charge on any atom is -0.497 e. The average molecular weight is 311 g/mol. The third kappa shape index (κ3) is 3.71. The number of anilines is 1. The van der Waals surface area contributed by atoms with Crippen molar-refractivity contribution in [3.05, 3.63) is 60.2 Å². The number of rotatable bonds is 5. The number of nitrogens with one attached hydrogen (secondary N) is 2. The van der Waals surface area contributed by atoms with E-state index in [1.807, 2.05) is 54.6 Å². The maximum Gasteiger partial charge on any atom is 0.287 e. The van der Waals surface area contributed by atoms with E-state index >= 15 is 0 Å². The number of likely N-dealkylation sites (tertiary alicyclic amines) is 1. The summed E-state index contributed by atoms with van der Waals surface area (Å²) in [5.41, 5.74) is 1.88. The van der Waals surface area contributed by atoms with Gasteiger partial charge in [0.15, 0.2) is 6.04 Å². The smallest absolute Gasteiger partial charge is 0.287 e. The maximum atomic E-state index is 12.9. The lowest BCUT2D eigenvalue weighted by Crippen LogP contribution is -3.11. The van der Waals surface area contributed by atoms with Crippen molar-refractivity contribution < 1.29 is 14.4 Å². The molecule has 1 amide bonds. The van der Waals surface area contributed by atoms with Crippen LogP contribution in [-0.2, 0) is 4.79 Å². The molecule has 4 heteroatoms. The third-order valence-corrected chi connectivity index (χ3v) is 4.41. The molecule has 2 aromatic rings. The second-order valence-corrected chi connectivity index (χ2v) is 5.93. The van der Waals surface area contributed by atoms with Gasteiger partial charge in [0.2, 0.25) is 0 Å². The molecule has 2 N–H and O–H groups in total. The second-order valence-electron chi connectivity index (χ2n) is 5.93. The lowest BCUT2D eigenvalue weighted by atomic mass is 10.0. The Hall–Kier alpha value is -2.33. The highest BCUT2D eigenvalue weighted by Gasteiger charge is 2.33. The molecule has 23 heavy (non-hydrogen) atoms. The summed E-state index contributed by atoms with van der Waals surface area (Å²) in [6.07, 6.45) is 2.38. The Balaban J connectivity index is 1.79. The zero-order chi connectivity index (χ0) is 16.1. The van der Waals surface area contributed by atoms with Gasteiger partial charge in [-0.25, -0.2) is 0 Å². The van der Waals surface area contributed by atoms with Gasteiger partial charge in [0.25, 0.3) is 5.91 Å². The standard InChI is InChI=1S/C19H22N2O2/c1-23-17-11-9-16(10-12-17)20-19(22)18(21-13-5-6-14-21)15-7-3-2-4-8-15/h2-4,7-12,18H,5-6,13-14H2,1H3,(H,20,22)/p+1. The summed E-state index contributed by atoms with van der Waals surface area (Å²) >= 11 is 0. The van der Waals surface area contributed by atoms with Crippen molar-refractivity contribution in [2.75, 3.05) is 25.5 Å². The van der Waals surface area contributed by atoms with Crippen molar-refractivity contribution in [1.82, 2.24) is 0 Å². The van der Waals surface area contributed by atoms with Crippen LogP contribution in [0.15, 0.2) is 54.6 Å². The summed E-state index contributed by atoms with van der Waals surface area (Å²) in [5, 5.41) is 3.05. The van der Waals surface area contributed by atoms with Crippen LogP contribution in [0.25, 0.3) is 0 Å². The number of hydrogen-bond donors (Lipinski definition) is 2. The van der Waals surface area contributed by atoms with E-state index in [9.17, 15) is 4.79 Å². The van der Waals surface area contributed by atoms with Crippen molar-refractivity contribution >= 4 is 11.6 Å². The SMILES string of the molecule is COc1ccc(NC(=O)C(c2ccccc2)[NH+]2CCCC2)cc1. The Bertz CT molecular complexity index is 634. The van der Waals surface area contributed by atoms with Gasteiger partial charge in [0.05, 0.1) is 20.2 Å². The van der Waals surface area contributed by atoms with Crippen LogP contribution in [0.3, 0.4) is 0 Å². The molecule has 4 nitrogen and oxygen atoms in total. The van der Waals surface area contributed by atoms with E-state index in [2.05, 4.69) is 5.32 Å². The fourth-order valence-corrected chi connectivity index (χ4v) is 3.22. The minimum atomic E-state index is -0.152. The molecule has 1 atom stereocenters. The van der Waals surface area contributed by atoms with E-state index in [4.69, 9.17) is 4.74 Å². The Morgan fingerprint density at radius 2 is 1.70 bits per heavy atom. The maximum absolute atomic E-state index is 12.9. The van der Waals surface area contributed by atoms with Crippen LogP contribution in [0.5, 0.6) is 5.75 Å². The molecule has 0 saturated carbocycles. The summed E-state index contributed by atoms with van der Waals surface area (Å²) in [4.78, 5) is 14.2. The summed E-state index contributed by atoms with van der Waals surface area (Å²) < 4.78 is 5.16. The number of hydrogen-bond acceptors (Lipinski definition) is 2. The van der Waals surface area contributed by atoms with E-state index in [0.717, 1.165) is 30.1 Å². The first-order chi connectivity index (χ1) is 11.3. The van der Waals surface area contributed by atoms with Crippen molar-refractivity contribution in [2.45, 2.75) is 18.9 Å². The first kappa shape index (κ1) is 15.6. The molecule has 3 rings (SSSR count). The topological polar surface area (TPSA) is 42.8 Å². The Kier molecular flexibility index (Phi) is 4.93. The van der Waals surface area contributed by atoms with Gasteiger partial charge in [-0.05, 0) is 24.3 Å². The van der Waals surface area contributed by atoms with Gasteiger partial charge in [0.1, 0.15) is 5.75 Å². The van der Waals surface area contributed by atoms with Crippen molar-refractivity contribution in [3.63, 3.8) is 0 Å². The molecule has 1 aliphatic heterocycles. The molecular formula is C19H23N2O2+. The molecule has 1 fully saturated rings. The minimum absolute atomic E-state index is 0.0540. The van der Waals surface area contributed by atoms with Crippen LogP contribution in [0.4, 0.5) is 5.69 Å². The van der Waals surface area contributed by atoms with E-state index in [1.54, 1.807) is 7.11 Å². The molecule has 0 radical (unpaired) electrons. The molecule has 0 spiro atoms. The molecule has 1 saturated heterocycles. The molecule has 0 bridgehead atoms. The lowest BCUT2D eigenvalue weighted by Gasteiger charge is -2.24. The summed E-state index contributed by atoms with van der Waals surface area (Å²) in [6.45, 7) is 2.10. The molecule has 120 valence electrons. The van der Waals surface area contributed by atoms with Crippen LogP contribution in [0.2, 0.25) is 0 Å². The number of ether oxygens (including phenoxy) is 1. The number of methoxy groups -OCH3 is 1. The van der Waals surface area contributed by atoms with Gasteiger partial charge in [0, 0.05) is 24.1 Å². The van der Waals surface area contributed by atoms with Crippen LogP contribution >= 0.6 is 0 Å². The monoisotopic (exact) mass is 311 g/mol. The zero-order valence-electron chi connectivity index (χ0n) is 13.4. The number of quaternary nitrogens is 1. The largest absolute Gasteiger partial charge is 0.497 e. The summed E-state index contributed by atoms with van der Waals surface area (Å²) in [7, 11) is 1.63. The van der Waals surface area contributed by atoms with Crippen LogP contribution in [0, 0.1) is 0 Å². The van der Waals surface area contributed by atoms with Gasteiger partial charge in [-0.15, -0.1) is 0 Å². The second kappa shape index (κ2) is 7.29. The van der Waals surface area contributed by atoms with E-state index in [-0.39, 0.29) is 11.9 Å². The van der Waals surface area contributed by atoms with Crippen molar-refractivity contribution in [3.8, 4) is 5.75 Å². The quantitative estimate of drug-likeness (QED) is 0.887. The lowest BCUT2D eigenvalue weighted by molar-refractivity contribution is -0.909. The molecule has 2 aromatic carbocycles. The average Bonchev–Trinajstić information content (AvgIpc) is 3.11. The number of carbonyl (C=O) groups excluding carboxylic acids is 1. The number of benzene rings is 2. The number of amides is 1. The Labute approximate surface area is 137 Å². The highest BCUT2D eigenvalue weighted by molar-refractivity contribution is 5.94. The van der Waals surface area contributed by atoms with Gasteiger partial charge in [-0.1, -0.05) is 30.3 Å². The third-order valence-electron chi connectivity index (χ3n) is 4.41. The molecule has 0 aliphatic carbocycles. The van der Waals surface area contributed by atoms with E-state index < -0.39 is 0 Å². The van der Waals surface area contributed by atoms with Gasteiger partial charge < -0.3 is 15.0 Å². The predicted octanol–water partition coefficient (Wildman–Crippen LogP) is 2.05.